The number of guanidine groups is 1. The number of aliphatic imine (C=N–C) groups is 1. The molecular formula is C18H28IN5O3. The number of nitrogens with zero attached hydrogens (tertiary/aromatic N) is 3. The number of rotatable bonds is 6. The van der Waals surface area contributed by atoms with Crippen molar-refractivity contribution in [2.45, 2.75) is 19.8 Å². The van der Waals surface area contributed by atoms with Crippen LogP contribution in [0.5, 0.6) is 0 Å². The predicted octanol–water partition coefficient (Wildman–Crippen LogP) is 1.28. The lowest BCUT2D eigenvalue weighted by Crippen LogP contribution is -2.49. The molecule has 0 spiro atoms. The molecule has 2 heterocycles. The summed E-state index contributed by atoms with van der Waals surface area (Å²) in [4.78, 5) is 34.2. The average Bonchev–Trinajstić information content (AvgIpc) is 2.69. The maximum absolute atomic E-state index is 12.0. The average molecular weight is 489 g/mol. The highest BCUT2D eigenvalue weighted by Gasteiger charge is 2.28. The second kappa shape index (κ2) is 12.5. The van der Waals surface area contributed by atoms with Crippen molar-refractivity contribution in [3.05, 3.63) is 30.1 Å². The lowest BCUT2D eigenvalue weighted by molar-refractivity contribution is -0.149. The molecule has 1 fully saturated rings. The highest BCUT2D eigenvalue weighted by atomic mass is 127. The second-order valence-corrected chi connectivity index (χ2v) is 6.01. The highest BCUT2D eigenvalue weighted by Crippen LogP contribution is 2.17. The summed E-state index contributed by atoms with van der Waals surface area (Å²) in [6.45, 7) is 4.66. The molecule has 1 aliphatic heterocycles. The molecule has 1 aliphatic rings. The van der Waals surface area contributed by atoms with Gasteiger partial charge in [0.2, 0.25) is 0 Å². The molecule has 2 rings (SSSR count). The van der Waals surface area contributed by atoms with Crippen LogP contribution in [-0.2, 0) is 9.53 Å². The van der Waals surface area contributed by atoms with Gasteiger partial charge in [-0.15, -0.1) is 24.0 Å². The molecule has 1 unspecified atom stereocenters. The van der Waals surface area contributed by atoms with Gasteiger partial charge in [-0.2, -0.15) is 0 Å². The van der Waals surface area contributed by atoms with Gasteiger partial charge in [-0.3, -0.25) is 19.6 Å². The van der Waals surface area contributed by atoms with E-state index in [0.717, 1.165) is 25.3 Å². The number of carbonyl (C=O) groups is 2. The summed E-state index contributed by atoms with van der Waals surface area (Å²) in [7, 11) is 1.71. The maximum Gasteiger partial charge on any atom is 0.310 e. The molecule has 0 bridgehead atoms. The number of hydrogen-bond donors (Lipinski definition) is 2. The molecule has 0 radical (unpaired) electrons. The standard InChI is InChI=1S/C18H27N5O3.HI/c1-3-26-17(25)15-7-5-11-23(13-15)18(19-2)22-10-9-21-16(24)14-6-4-8-20-12-14;/h4,6,8,12,15H,3,5,7,9-11,13H2,1-2H3,(H,19,22)(H,21,24);1H. The van der Waals surface area contributed by atoms with Crippen LogP contribution < -0.4 is 10.6 Å². The molecule has 1 aromatic heterocycles. The molecule has 8 nitrogen and oxygen atoms in total. The first kappa shape index (κ1) is 23.1. The fraction of sp³-hybridized carbons (Fsp3) is 0.556. The Balaban J connectivity index is 0.00000364. The summed E-state index contributed by atoms with van der Waals surface area (Å²) < 4.78 is 5.13. The third-order valence-corrected chi connectivity index (χ3v) is 4.17. The van der Waals surface area contributed by atoms with Gasteiger partial charge in [0.15, 0.2) is 5.96 Å². The van der Waals surface area contributed by atoms with Gasteiger partial charge in [0.05, 0.1) is 18.1 Å². The minimum atomic E-state index is -0.157. The fourth-order valence-corrected chi connectivity index (χ4v) is 2.90. The lowest BCUT2D eigenvalue weighted by atomic mass is 9.98. The molecule has 1 amide bonds. The Morgan fingerprint density at radius 3 is 2.81 bits per heavy atom. The summed E-state index contributed by atoms with van der Waals surface area (Å²) in [5.74, 6) is 0.314. The van der Waals surface area contributed by atoms with Gasteiger partial charge in [-0.25, -0.2) is 0 Å². The first-order valence-corrected chi connectivity index (χ1v) is 8.96. The minimum absolute atomic E-state index is 0. The lowest BCUT2D eigenvalue weighted by Gasteiger charge is -2.33. The smallest absolute Gasteiger partial charge is 0.310 e. The third-order valence-electron chi connectivity index (χ3n) is 4.17. The third kappa shape index (κ3) is 7.31. The van der Waals surface area contributed by atoms with E-state index in [1.807, 2.05) is 6.92 Å². The maximum atomic E-state index is 12.0. The number of halogens is 1. The number of piperidine rings is 1. The summed E-state index contributed by atoms with van der Waals surface area (Å²) >= 11 is 0. The first-order valence-electron chi connectivity index (χ1n) is 8.96. The molecule has 0 aromatic carbocycles. The zero-order valence-corrected chi connectivity index (χ0v) is 18.1. The van der Waals surface area contributed by atoms with Crippen LogP contribution in [0.2, 0.25) is 0 Å². The number of hydrogen-bond acceptors (Lipinski definition) is 5. The summed E-state index contributed by atoms with van der Waals surface area (Å²) in [5.41, 5.74) is 0.533. The van der Waals surface area contributed by atoms with Crippen LogP contribution in [0, 0.1) is 5.92 Å². The van der Waals surface area contributed by atoms with Crippen molar-refractivity contribution in [1.82, 2.24) is 20.5 Å². The number of carbonyl (C=O) groups excluding carboxylic acids is 2. The van der Waals surface area contributed by atoms with E-state index in [4.69, 9.17) is 4.74 Å². The molecule has 1 atom stereocenters. The minimum Gasteiger partial charge on any atom is -0.466 e. The number of esters is 1. The molecule has 1 saturated heterocycles. The SMILES string of the molecule is CCOC(=O)C1CCCN(C(=NC)NCCNC(=O)c2cccnc2)C1.I. The van der Waals surface area contributed by atoms with E-state index in [1.165, 1.54) is 6.20 Å². The van der Waals surface area contributed by atoms with E-state index in [0.29, 0.717) is 31.8 Å². The first-order chi connectivity index (χ1) is 12.7. The summed E-state index contributed by atoms with van der Waals surface area (Å²) in [5, 5.41) is 6.07. The molecule has 150 valence electrons. The largest absolute Gasteiger partial charge is 0.466 e. The van der Waals surface area contributed by atoms with Crippen LogP contribution in [0.15, 0.2) is 29.5 Å². The van der Waals surface area contributed by atoms with E-state index >= 15 is 0 Å². The van der Waals surface area contributed by atoms with Gasteiger partial charge in [-0.05, 0) is 31.9 Å². The number of likely N-dealkylation sites (tertiary alicyclic amines) is 1. The summed E-state index contributed by atoms with van der Waals surface area (Å²) in [6.07, 6.45) is 4.92. The zero-order chi connectivity index (χ0) is 18.8. The topological polar surface area (TPSA) is 95.9 Å². The van der Waals surface area contributed by atoms with Gasteiger partial charge in [0.1, 0.15) is 0 Å². The zero-order valence-electron chi connectivity index (χ0n) is 15.8. The molecule has 1 aromatic rings. The van der Waals surface area contributed by atoms with Crippen LogP contribution in [0.3, 0.4) is 0 Å². The van der Waals surface area contributed by atoms with Crippen molar-refractivity contribution in [3.8, 4) is 0 Å². The van der Waals surface area contributed by atoms with E-state index in [-0.39, 0.29) is 41.8 Å². The van der Waals surface area contributed by atoms with Crippen LogP contribution >= 0.6 is 24.0 Å². The van der Waals surface area contributed by atoms with Crippen molar-refractivity contribution in [3.63, 3.8) is 0 Å². The molecule has 2 N–H and O–H groups in total. The Morgan fingerprint density at radius 1 is 1.37 bits per heavy atom. The molecule has 27 heavy (non-hydrogen) atoms. The van der Waals surface area contributed by atoms with E-state index in [9.17, 15) is 9.59 Å². The monoisotopic (exact) mass is 489 g/mol. The summed E-state index contributed by atoms with van der Waals surface area (Å²) in [6, 6.07) is 3.45. The number of pyridine rings is 1. The van der Waals surface area contributed by atoms with Gasteiger partial charge in [-0.1, -0.05) is 0 Å². The quantitative estimate of drug-likeness (QED) is 0.206. The Morgan fingerprint density at radius 2 is 2.15 bits per heavy atom. The number of amides is 1. The fourth-order valence-electron chi connectivity index (χ4n) is 2.90. The predicted molar refractivity (Wildman–Crippen MR) is 114 cm³/mol. The molecular weight excluding hydrogens is 461 g/mol. The Hall–Kier alpha value is -1.91. The van der Waals surface area contributed by atoms with Gasteiger partial charge < -0.3 is 20.3 Å². The Kier molecular flexibility index (Phi) is 10.7. The van der Waals surface area contributed by atoms with Gasteiger partial charge in [0.25, 0.3) is 5.91 Å². The Labute approximate surface area is 177 Å². The van der Waals surface area contributed by atoms with Crippen molar-refractivity contribution in [1.29, 1.82) is 0 Å². The number of aromatic nitrogens is 1. The molecule has 9 heteroatoms. The van der Waals surface area contributed by atoms with Crippen molar-refractivity contribution < 1.29 is 14.3 Å². The van der Waals surface area contributed by atoms with Crippen molar-refractivity contribution in [2.24, 2.45) is 10.9 Å². The molecule has 0 saturated carbocycles. The van der Waals surface area contributed by atoms with Crippen molar-refractivity contribution in [2.75, 3.05) is 39.8 Å². The van der Waals surface area contributed by atoms with Crippen molar-refractivity contribution >= 4 is 41.8 Å². The molecule has 0 aliphatic carbocycles. The van der Waals surface area contributed by atoms with Gasteiger partial charge >= 0.3 is 5.97 Å². The highest BCUT2D eigenvalue weighted by molar-refractivity contribution is 14.0. The van der Waals surface area contributed by atoms with Crippen LogP contribution in [0.25, 0.3) is 0 Å². The van der Waals surface area contributed by atoms with E-state index in [2.05, 4.69) is 25.5 Å². The van der Waals surface area contributed by atoms with E-state index < -0.39 is 0 Å². The van der Waals surface area contributed by atoms with Crippen LogP contribution in [-0.4, -0.2) is 67.6 Å². The van der Waals surface area contributed by atoms with Crippen LogP contribution in [0.4, 0.5) is 0 Å². The normalized spacial score (nSPS) is 16.9. The Bertz CT molecular complexity index is 627. The van der Waals surface area contributed by atoms with Crippen LogP contribution in [0.1, 0.15) is 30.1 Å². The van der Waals surface area contributed by atoms with Gasteiger partial charge in [0, 0.05) is 45.6 Å². The number of ether oxygens (including phenoxy) is 1. The second-order valence-electron chi connectivity index (χ2n) is 6.01. The number of nitrogens with one attached hydrogen (secondary N) is 2. The van der Waals surface area contributed by atoms with E-state index in [1.54, 1.807) is 25.4 Å².